The molecule has 1 saturated carbocycles. The molecule has 1 aliphatic carbocycles. The Labute approximate surface area is 93.0 Å². The smallest absolute Gasteiger partial charge is 0.00752 e. The Morgan fingerprint density at radius 1 is 1.20 bits per heavy atom. The minimum atomic E-state index is 0.451. The molecular formula is C15H20. The van der Waals surface area contributed by atoms with Crippen molar-refractivity contribution in [3.8, 4) is 0 Å². The topological polar surface area (TPSA) is 0 Å². The first-order valence-corrected chi connectivity index (χ1v) is 5.95. The first-order chi connectivity index (χ1) is 7.24. The minimum Gasteiger partial charge on any atom is -0.103 e. The van der Waals surface area contributed by atoms with Crippen molar-refractivity contribution in [2.45, 2.75) is 44.4 Å². The number of allylic oxidation sites excluding steroid dienone is 1. The predicted octanol–water partition coefficient (Wildman–Crippen LogP) is 4.25. The molecule has 0 heteroatoms. The Balaban J connectivity index is 2.19. The predicted molar refractivity (Wildman–Crippen MR) is 66.2 cm³/mol. The van der Waals surface area contributed by atoms with Gasteiger partial charge in [0.05, 0.1) is 0 Å². The normalized spacial score (nSPS) is 19.0. The third-order valence-electron chi connectivity index (χ3n) is 3.74. The summed E-state index contributed by atoms with van der Waals surface area (Å²) in [6.45, 7) is 6.17. The number of benzene rings is 1. The van der Waals surface area contributed by atoms with Crippen LogP contribution in [0.1, 0.15) is 43.7 Å². The molecule has 1 fully saturated rings. The third-order valence-corrected chi connectivity index (χ3v) is 3.74. The van der Waals surface area contributed by atoms with E-state index in [2.05, 4.69) is 37.8 Å². The molecule has 0 amide bonds. The molecule has 15 heavy (non-hydrogen) atoms. The first-order valence-electron chi connectivity index (χ1n) is 5.95. The zero-order valence-electron chi connectivity index (χ0n) is 9.63. The highest BCUT2D eigenvalue weighted by Crippen LogP contribution is 2.40. The summed E-state index contributed by atoms with van der Waals surface area (Å²) in [5, 5.41) is 0. The van der Waals surface area contributed by atoms with Crippen molar-refractivity contribution in [3.05, 3.63) is 48.0 Å². The SMILES string of the molecule is C=CCc1ccc(C2(C)CCCC2)cc1. The Bertz CT molecular complexity index is 326. The Kier molecular flexibility index (Phi) is 2.95. The fraction of sp³-hybridized carbons (Fsp3) is 0.467. The van der Waals surface area contributed by atoms with Crippen LogP contribution in [-0.4, -0.2) is 0 Å². The molecule has 0 aromatic heterocycles. The van der Waals surface area contributed by atoms with E-state index >= 15 is 0 Å². The van der Waals surface area contributed by atoms with Crippen molar-refractivity contribution >= 4 is 0 Å². The second-order valence-corrected chi connectivity index (χ2v) is 4.96. The van der Waals surface area contributed by atoms with Crippen LogP contribution in [-0.2, 0) is 11.8 Å². The lowest BCUT2D eigenvalue weighted by Gasteiger charge is -2.24. The van der Waals surface area contributed by atoms with E-state index in [-0.39, 0.29) is 0 Å². The standard InChI is InChI=1S/C15H20/c1-3-6-13-7-9-14(10-8-13)15(2)11-4-5-12-15/h3,7-10H,1,4-6,11-12H2,2H3. The van der Waals surface area contributed by atoms with Crippen molar-refractivity contribution in [2.24, 2.45) is 0 Å². The molecular weight excluding hydrogens is 180 g/mol. The quantitative estimate of drug-likeness (QED) is 0.640. The van der Waals surface area contributed by atoms with Crippen molar-refractivity contribution in [3.63, 3.8) is 0 Å². The summed E-state index contributed by atoms with van der Waals surface area (Å²) in [5.74, 6) is 0. The Hall–Kier alpha value is -1.04. The van der Waals surface area contributed by atoms with E-state index in [0.717, 1.165) is 6.42 Å². The average Bonchev–Trinajstić information content (AvgIpc) is 2.68. The van der Waals surface area contributed by atoms with Crippen molar-refractivity contribution in [1.82, 2.24) is 0 Å². The largest absolute Gasteiger partial charge is 0.103 e. The summed E-state index contributed by atoms with van der Waals surface area (Å²) in [5.41, 5.74) is 3.34. The van der Waals surface area contributed by atoms with Crippen LogP contribution >= 0.6 is 0 Å². The van der Waals surface area contributed by atoms with Gasteiger partial charge in [-0.05, 0) is 35.8 Å². The summed E-state index contributed by atoms with van der Waals surface area (Å²) in [4.78, 5) is 0. The molecule has 0 N–H and O–H groups in total. The second kappa shape index (κ2) is 4.22. The van der Waals surface area contributed by atoms with Gasteiger partial charge < -0.3 is 0 Å². The lowest BCUT2D eigenvalue weighted by Crippen LogP contribution is -2.16. The molecule has 0 bridgehead atoms. The van der Waals surface area contributed by atoms with Crippen LogP contribution in [0.3, 0.4) is 0 Å². The molecule has 0 aliphatic heterocycles. The molecule has 0 unspecified atom stereocenters. The molecule has 80 valence electrons. The highest BCUT2D eigenvalue weighted by atomic mass is 14.3. The molecule has 1 aromatic rings. The summed E-state index contributed by atoms with van der Waals surface area (Å²) >= 11 is 0. The third kappa shape index (κ3) is 2.14. The molecule has 2 rings (SSSR count). The summed E-state index contributed by atoms with van der Waals surface area (Å²) in [7, 11) is 0. The van der Waals surface area contributed by atoms with Crippen LogP contribution in [0.2, 0.25) is 0 Å². The number of hydrogen-bond acceptors (Lipinski definition) is 0. The Morgan fingerprint density at radius 3 is 2.33 bits per heavy atom. The van der Waals surface area contributed by atoms with Crippen molar-refractivity contribution < 1.29 is 0 Å². The van der Waals surface area contributed by atoms with Crippen LogP contribution in [0.5, 0.6) is 0 Å². The monoisotopic (exact) mass is 200 g/mol. The first kappa shape index (κ1) is 10.5. The van der Waals surface area contributed by atoms with Gasteiger partial charge in [-0.3, -0.25) is 0 Å². The lowest BCUT2D eigenvalue weighted by molar-refractivity contribution is 0.491. The molecule has 1 aliphatic rings. The van der Waals surface area contributed by atoms with Crippen LogP contribution in [0, 0.1) is 0 Å². The highest BCUT2D eigenvalue weighted by molar-refractivity contribution is 5.30. The van der Waals surface area contributed by atoms with Gasteiger partial charge in [0.1, 0.15) is 0 Å². The van der Waals surface area contributed by atoms with E-state index < -0.39 is 0 Å². The number of hydrogen-bond donors (Lipinski definition) is 0. The van der Waals surface area contributed by atoms with Gasteiger partial charge in [-0.15, -0.1) is 6.58 Å². The molecule has 0 atom stereocenters. The average molecular weight is 200 g/mol. The fourth-order valence-electron chi connectivity index (χ4n) is 2.65. The van der Waals surface area contributed by atoms with Crippen LogP contribution in [0.15, 0.2) is 36.9 Å². The molecule has 0 spiro atoms. The lowest BCUT2D eigenvalue weighted by atomic mass is 9.81. The van der Waals surface area contributed by atoms with Gasteiger partial charge in [-0.1, -0.05) is 50.1 Å². The van der Waals surface area contributed by atoms with Crippen LogP contribution in [0.4, 0.5) is 0 Å². The van der Waals surface area contributed by atoms with E-state index in [0.29, 0.717) is 5.41 Å². The zero-order valence-corrected chi connectivity index (χ0v) is 9.63. The Morgan fingerprint density at radius 2 is 1.80 bits per heavy atom. The van der Waals surface area contributed by atoms with E-state index in [1.54, 1.807) is 0 Å². The van der Waals surface area contributed by atoms with Gasteiger partial charge in [-0.25, -0.2) is 0 Å². The van der Waals surface area contributed by atoms with Crippen molar-refractivity contribution in [2.75, 3.05) is 0 Å². The van der Waals surface area contributed by atoms with E-state index in [1.807, 2.05) is 6.08 Å². The summed E-state index contributed by atoms with van der Waals surface area (Å²) < 4.78 is 0. The van der Waals surface area contributed by atoms with Crippen molar-refractivity contribution in [1.29, 1.82) is 0 Å². The maximum atomic E-state index is 3.77. The molecule has 0 radical (unpaired) electrons. The molecule has 0 heterocycles. The maximum Gasteiger partial charge on any atom is -0.00752 e. The van der Waals surface area contributed by atoms with Gasteiger partial charge in [-0.2, -0.15) is 0 Å². The highest BCUT2D eigenvalue weighted by Gasteiger charge is 2.29. The van der Waals surface area contributed by atoms with Gasteiger partial charge in [0.25, 0.3) is 0 Å². The summed E-state index contributed by atoms with van der Waals surface area (Å²) in [6.07, 6.45) is 8.45. The second-order valence-electron chi connectivity index (χ2n) is 4.96. The van der Waals surface area contributed by atoms with E-state index in [4.69, 9.17) is 0 Å². The summed E-state index contributed by atoms with van der Waals surface area (Å²) in [6, 6.07) is 9.12. The van der Waals surface area contributed by atoms with E-state index in [9.17, 15) is 0 Å². The fourth-order valence-corrected chi connectivity index (χ4v) is 2.65. The van der Waals surface area contributed by atoms with E-state index in [1.165, 1.54) is 36.8 Å². The molecule has 0 nitrogen and oxygen atoms in total. The number of rotatable bonds is 3. The van der Waals surface area contributed by atoms with Crippen LogP contribution < -0.4 is 0 Å². The van der Waals surface area contributed by atoms with Gasteiger partial charge >= 0.3 is 0 Å². The molecule has 0 saturated heterocycles. The molecule has 1 aromatic carbocycles. The maximum absolute atomic E-state index is 3.77. The van der Waals surface area contributed by atoms with Gasteiger partial charge in [0.15, 0.2) is 0 Å². The van der Waals surface area contributed by atoms with Crippen LogP contribution in [0.25, 0.3) is 0 Å². The zero-order chi connectivity index (χ0) is 10.7. The van der Waals surface area contributed by atoms with Gasteiger partial charge in [0.2, 0.25) is 0 Å². The minimum absolute atomic E-state index is 0.451. The van der Waals surface area contributed by atoms with Gasteiger partial charge in [0, 0.05) is 0 Å².